The molecule has 0 unspecified atom stereocenters. The van der Waals surface area contributed by atoms with Crippen LogP contribution in [0.15, 0.2) is 46.3 Å². The first-order valence-electron chi connectivity index (χ1n) is 4.58. The van der Waals surface area contributed by atoms with E-state index in [1.807, 2.05) is 30.3 Å². The SMILES string of the molecule is C#CC=C1CN=C(Nc2ccccc2)S1. The average molecular weight is 214 g/mol. The molecule has 0 amide bonds. The largest absolute Gasteiger partial charge is 0.335 e. The quantitative estimate of drug-likeness (QED) is 0.727. The molecule has 2 rings (SSSR count). The third-order valence-corrected chi connectivity index (χ3v) is 2.81. The molecule has 0 spiro atoms. The highest BCUT2D eigenvalue weighted by atomic mass is 32.2. The van der Waals surface area contributed by atoms with E-state index in [-0.39, 0.29) is 0 Å². The van der Waals surface area contributed by atoms with Crippen LogP contribution in [0.2, 0.25) is 0 Å². The molecule has 15 heavy (non-hydrogen) atoms. The van der Waals surface area contributed by atoms with Crippen molar-refractivity contribution in [2.75, 3.05) is 11.9 Å². The van der Waals surface area contributed by atoms with E-state index >= 15 is 0 Å². The lowest BCUT2D eigenvalue weighted by Crippen LogP contribution is -2.03. The predicted molar refractivity (Wildman–Crippen MR) is 66.9 cm³/mol. The van der Waals surface area contributed by atoms with E-state index in [1.54, 1.807) is 17.8 Å². The lowest BCUT2D eigenvalue weighted by molar-refractivity contribution is 1.25. The zero-order valence-corrected chi connectivity index (χ0v) is 8.92. The Morgan fingerprint density at radius 3 is 2.93 bits per heavy atom. The van der Waals surface area contributed by atoms with Gasteiger partial charge in [-0.2, -0.15) is 0 Å². The second kappa shape index (κ2) is 4.72. The third kappa shape index (κ3) is 2.64. The van der Waals surface area contributed by atoms with E-state index in [9.17, 15) is 0 Å². The zero-order valence-electron chi connectivity index (χ0n) is 8.10. The number of terminal acetylenes is 1. The molecule has 0 radical (unpaired) electrons. The van der Waals surface area contributed by atoms with Crippen LogP contribution in [0.3, 0.4) is 0 Å². The Morgan fingerprint density at radius 2 is 2.20 bits per heavy atom. The van der Waals surface area contributed by atoms with Crippen molar-refractivity contribution < 1.29 is 0 Å². The van der Waals surface area contributed by atoms with Gasteiger partial charge in [0.15, 0.2) is 5.17 Å². The normalized spacial score (nSPS) is 17.3. The number of para-hydroxylation sites is 1. The standard InChI is InChI=1S/C12H10N2S/c1-2-6-11-9-13-12(15-11)14-10-7-4-3-5-8-10/h1,3-8H,9H2,(H,13,14). The molecule has 0 aliphatic carbocycles. The Kier molecular flexibility index (Phi) is 3.11. The van der Waals surface area contributed by atoms with Gasteiger partial charge in [0, 0.05) is 10.6 Å². The van der Waals surface area contributed by atoms with Gasteiger partial charge in [-0.15, -0.1) is 6.42 Å². The number of hydrogen-bond donors (Lipinski definition) is 1. The van der Waals surface area contributed by atoms with Crippen molar-refractivity contribution in [3.63, 3.8) is 0 Å². The molecule has 0 saturated heterocycles. The maximum absolute atomic E-state index is 5.20. The van der Waals surface area contributed by atoms with E-state index in [2.05, 4.69) is 16.2 Å². The number of thioether (sulfide) groups is 1. The second-order valence-corrected chi connectivity index (χ2v) is 4.11. The minimum Gasteiger partial charge on any atom is -0.335 e. The number of anilines is 1. The van der Waals surface area contributed by atoms with Gasteiger partial charge in [-0.25, -0.2) is 0 Å². The van der Waals surface area contributed by atoms with Crippen LogP contribution in [0.5, 0.6) is 0 Å². The Morgan fingerprint density at radius 1 is 1.40 bits per heavy atom. The van der Waals surface area contributed by atoms with Crippen molar-refractivity contribution in [2.24, 2.45) is 4.99 Å². The second-order valence-electron chi connectivity index (χ2n) is 2.99. The van der Waals surface area contributed by atoms with Crippen molar-refractivity contribution in [1.29, 1.82) is 0 Å². The molecule has 1 heterocycles. The summed E-state index contributed by atoms with van der Waals surface area (Å²) in [6.07, 6.45) is 6.95. The zero-order chi connectivity index (χ0) is 10.5. The van der Waals surface area contributed by atoms with Crippen LogP contribution in [0.25, 0.3) is 0 Å². The molecular formula is C12H10N2S. The summed E-state index contributed by atoms with van der Waals surface area (Å²) in [7, 11) is 0. The molecule has 0 saturated carbocycles. The number of benzene rings is 1. The average Bonchev–Trinajstić information content (AvgIpc) is 2.68. The first-order valence-corrected chi connectivity index (χ1v) is 5.39. The molecule has 3 heteroatoms. The van der Waals surface area contributed by atoms with Crippen LogP contribution < -0.4 is 5.32 Å². The minimum absolute atomic E-state index is 0.685. The molecule has 0 atom stereocenters. The van der Waals surface area contributed by atoms with Crippen molar-refractivity contribution in [2.45, 2.75) is 0 Å². The first kappa shape index (κ1) is 9.88. The van der Waals surface area contributed by atoms with Gasteiger partial charge in [-0.1, -0.05) is 35.9 Å². The fraction of sp³-hybridized carbons (Fsp3) is 0.0833. The number of nitrogens with zero attached hydrogens (tertiary/aromatic N) is 1. The molecule has 1 aliphatic heterocycles. The van der Waals surface area contributed by atoms with Crippen LogP contribution >= 0.6 is 11.8 Å². The number of amidine groups is 1. The smallest absolute Gasteiger partial charge is 0.166 e. The topological polar surface area (TPSA) is 24.4 Å². The molecule has 0 aromatic heterocycles. The number of aliphatic imine (C=N–C) groups is 1. The summed E-state index contributed by atoms with van der Waals surface area (Å²) >= 11 is 1.59. The Hall–Kier alpha value is -1.66. The van der Waals surface area contributed by atoms with Gasteiger partial charge in [-0.3, -0.25) is 4.99 Å². The maximum atomic E-state index is 5.20. The fourth-order valence-corrected chi connectivity index (χ4v) is 2.02. The molecule has 1 aliphatic rings. The Labute approximate surface area is 93.5 Å². The highest BCUT2D eigenvalue weighted by molar-refractivity contribution is 8.17. The van der Waals surface area contributed by atoms with Crippen molar-refractivity contribution >= 4 is 22.6 Å². The Balaban J connectivity index is 1.99. The lowest BCUT2D eigenvalue weighted by Gasteiger charge is -2.03. The maximum Gasteiger partial charge on any atom is 0.166 e. The molecule has 1 aromatic rings. The van der Waals surface area contributed by atoms with Crippen molar-refractivity contribution in [1.82, 2.24) is 0 Å². The van der Waals surface area contributed by atoms with Gasteiger partial charge >= 0.3 is 0 Å². The van der Waals surface area contributed by atoms with Gasteiger partial charge in [0.1, 0.15) is 0 Å². The van der Waals surface area contributed by atoms with E-state index in [4.69, 9.17) is 6.42 Å². The Bertz CT molecular complexity index is 440. The van der Waals surface area contributed by atoms with Crippen LogP contribution in [0.1, 0.15) is 0 Å². The van der Waals surface area contributed by atoms with E-state index in [1.165, 1.54) is 0 Å². The molecule has 74 valence electrons. The molecule has 1 aromatic carbocycles. The summed E-state index contributed by atoms with van der Waals surface area (Å²) in [6, 6.07) is 9.97. The van der Waals surface area contributed by atoms with E-state index < -0.39 is 0 Å². The minimum atomic E-state index is 0.685. The summed E-state index contributed by atoms with van der Waals surface area (Å²) in [5.41, 5.74) is 1.05. The van der Waals surface area contributed by atoms with Crippen LogP contribution in [-0.2, 0) is 0 Å². The summed E-state index contributed by atoms with van der Waals surface area (Å²) in [5.74, 6) is 2.51. The molecule has 0 bridgehead atoms. The van der Waals surface area contributed by atoms with Gasteiger partial charge in [0.2, 0.25) is 0 Å². The summed E-state index contributed by atoms with van der Waals surface area (Å²) in [5, 5.41) is 4.14. The highest BCUT2D eigenvalue weighted by Crippen LogP contribution is 2.25. The highest BCUT2D eigenvalue weighted by Gasteiger charge is 2.11. The number of nitrogens with one attached hydrogen (secondary N) is 1. The summed E-state index contributed by atoms with van der Waals surface area (Å²) < 4.78 is 0. The van der Waals surface area contributed by atoms with E-state index in [0.717, 1.165) is 15.8 Å². The number of rotatable bonds is 1. The van der Waals surface area contributed by atoms with Gasteiger partial charge in [0.25, 0.3) is 0 Å². The molecule has 2 nitrogen and oxygen atoms in total. The number of allylic oxidation sites excluding steroid dienone is 1. The van der Waals surface area contributed by atoms with Crippen molar-refractivity contribution in [3.8, 4) is 12.3 Å². The monoisotopic (exact) mass is 214 g/mol. The molecule has 0 fully saturated rings. The van der Waals surface area contributed by atoms with Gasteiger partial charge in [0.05, 0.1) is 6.54 Å². The molecular weight excluding hydrogens is 204 g/mol. The van der Waals surface area contributed by atoms with Crippen molar-refractivity contribution in [3.05, 3.63) is 41.3 Å². The predicted octanol–water partition coefficient (Wildman–Crippen LogP) is 2.72. The first-order chi connectivity index (χ1) is 7.38. The lowest BCUT2D eigenvalue weighted by atomic mass is 10.3. The number of hydrogen-bond acceptors (Lipinski definition) is 3. The fourth-order valence-electron chi connectivity index (χ4n) is 1.22. The van der Waals surface area contributed by atoms with Crippen LogP contribution in [-0.4, -0.2) is 11.7 Å². The molecule has 1 N–H and O–H groups in total. The summed E-state index contributed by atoms with van der Waals surface area (Å²) in [4.78, 5) is 5.44. The third-order valence-electron chi connectivity index (χ3n) is 1.88. The summed E-state index contributed by atoms with van der Waals surface area (Å²) in [6.45, 7) is 0.685. The van der Waals surface area contributed by atoms with Gasteiger partial charge < -0.3 is 5.32 Å². The van der Waals surface area contributed by atoms with Gasteiger partial charge in [-0.05, 0) is 18.2 Å². The van der Waals surface area contributed by atoms with E-state index in [0.29, 0.717) is 6.54 Å². The van der Waals surface area contributed by atoms with Crippen LogP contribution in [0.4, 0.5) is 5.69 Å². The van der Waals surface area contributed by atoms with Crippen LogP contribution in [0, 0.1) is 12.3 Å².